The number of urea groups is 1. The molecule has 6 nitrogen and oxygen atoms in total. The third-order valence-electron chi connectivity index (χ3n) is 4.49. The zero-order valence-electron chi connectivity index (χ0n) is 14.5. The van der Waals surface area contributed by atoms with E-state index < -0.39 is 0 Å². The molecule has 4 rings (SSSR count). The molecule has 3 aromatic rings. The summed E-state index contributed by atoms with van der Waals surface area (Å²) in [5.74, 6) is 0.418. The maximum atomic E-state index is 13.3. The van der Waals surface area contributed by atoms with E-state index >= 15 is 0 Å². The van der Waals surface area contributed by atoms with Crippen LogP contribution in [-0.4, -0.2) is 46.6 Å². The number of aromatic nitrogens is 2. The highest BCUT2D eigenvalue weighted by Gasteiger charge is 2.29. The lowest BCUT2D eigenvalue weighted by molar-refractivity contribution is 0.184. The first-order chi connectivity index (χ1) is 13.0. The second-order valence-electron chi connectivity index (χ2n) is 6.36. The molecule has 1 saturated heterocycles. The first-order valence-electron chi connectivity index (χ1n) is 8.50. The summed E-state index contributed by atoms with van der Waals surface area (Å²) in [6.07, 6.45) is 1.71. The van der Waals surface area contributed by atoms with Crippen molar-refractivity contribution in [3.63, 3.8) is 0 Å². The molecular formula is C19H21ClFN5OS. The molecule has 1 N–H and O–H groups in total. The third-order valence-corrected chi connectivity index (χ3v) is 5.72. The highest BCUT2D eigenvalue weighted by molar-refractivity contribution is 7.22. The summed E-state index contributed by atoms with van der Waals surface area (Å²) in [6.45, 7) is 3.80. The molecule has 9 heteroatoms. The van der Waals surface area contributed by atoms with Gasteiger partial charge in [0.25, 0.3) is 0 Å². The predicted molar refractivity (Wildman–Crippen MR) is 113 cm³/mol. The number of pyridine rings is 1. The molecule has 148 valence electrons. The lowest BCUT2D eigenvalue weighted by atomic mass is 10.2. The average molecular weight is 422 g/mol. The summed E-state index contributed by atoms with van der Waals surface area (Å²) in [5.41, 5.74) is 0.666. The molecule has 1 aromatic carbocycles. The summed E-state index contributed by atoms with van der Waals surface area (Å²) in [4.78, 5) is 25.2. The van der Waals surface area contributed by atoms with Gasteiger partial charge in [0.1, 0.15) is 11.6 Å². The number of carbonyl (C=O) groups is 1. The molecule has 3 heterocycles. The molecule has 0 unspecified atom stereocenters. The number of fused-ring (bicyclic) bond motifs is 1. The van der Waals surface area contributed by atoms with Crippen molar-refractivity contribution >= 4 is 50.1 Å². The van der Waals surface area contributed by atoms with Crippen molar-refractivity contribution < 1.29 is 9.18 Å². The van der Waals surface area contributed by atoms with E-state index in [0.717, 1.165) is 5.82 Å². The Morgan fingerprint density at radius 3 is 2.93 bits per heavy atom. The van der Waals surface area contributed by atoms with Crippen molar-refractivity contribution in [3.05, 3.63) is 47.4 Å². The van der Waals surface area contributed by atoms with Crippen LogP contribution in [0, 0.1) is 5.82 Å². The van der Waals surface area contributed by atoms with E-state index in [1.807, 2.05) is 13.0 Å². The molecule has 0 radical (unpaired) electrons. The summed E-state index contributed by atoms with van der Waals surface area (Å²) in [6, 6.07) is 7.75. The SMILES string of the molecule is C.C[C@@H]1CN(c2ncccc2Cl)CCN1C(=O)Nc1nc2ccc(F)cc2s1. The first kappa shape index (κ1) is 20.3. The Hall–Kier alpha value is -2.45. The molecule has 1 fully saturated rings. The third kappa shape index (κ3) is 4.02. The summed E-state index contributed by atoms with van der Waals surface area (Å²) in [7, 11) is 0. The van der Waals surface area contributed by atoms with Crippen LogP contribution in [0.4, 0.5) is 20.1 Å². The number of hydrogen-bond donors (Lipinski definition) is 1. The van der Waals surface area contributed by atoms with Crippen molar-refractivity contribution in [2.75, 3.05) is 29.9 Å². The normalized spacial score (nSPS) is 16.8. The molecule has 0 aliphatic carbocycles. The number of nitrogens with one attached hydrogen (secondary N) is 1. The Balaban J connectivity index is 0.00000225. The number of halogens is 2. The number of benzene rings is 1. The van der Waals surface area contributed by atoms with Crippen molar-refractivity contribution in [1.82, 2.24) is 14.9 Å². The van der Waals surface area contributed by atoms with Crippen LogP contribution >= 0.6 is 22.9 Å². The van der Waals surface area contributed by atoms with E-state index in [2.05, 4.69) is 20.2 Å². The fourth-order valence-electron chi connectivity index (χ4n) is 3.18. The topological polar surface area (TPSA) is 61.4 Å². The minimum absolute atomic E-state index is 0. The van der Waals surface area contributed by atoms with Gasteiger partial charge in [0.05, 0.1) is 15.2 Å². The Labute approximate surface area is 172 Å². The lowest BCUT2D eigenvalue weighted by Crippen LogP contribution is -2.55. The summed E-state index contributed by atoms with van der Waals surface area (Å²) < 4.78 is 14.0. The molecule has 2 amide bonds. The van der Waals surface area contributed by atoms with Crippen LogP contribution in [0.25, 0.3) is 10.2 Å². The van der Waals surface area contributed by atoms with Gasteiger partial charge in [-0.3, -0.25) is 5.32 Å². The maximum absolute atomic E-state index is 13.3. The van der Waals surface area contributed by atoms with Crippen LogP contribution < -0.4 is 10.2 Å². The van der Waals surface area contributed by atoms with Crippen LogP contribution in [-0.2, 0) is 0 Å². The molecule has 0 spiro atoms. The number of anilines is 2. The number of thiazole rings is 1. The second kappa shape index (κ2) is 8.28. The quantitative estimate of drug-likeness (QED) is 0.641. The standard InChI is InChI=1S/C18H17ClFN5OS.CH4/c1-11-10-24(16-13(19)3-2-6-21-16)7-8-25(11)18(26)23-17-22-14-5-4-12(20)9-15(14)27-17;/h2-6,9,11H,7-8,10H2,1H3,(H,22,23,26);1H4/t11-;/m1./s1. The van der Waals surface area contributed by atoms with Gasteiger partial charge in [-0.1, -0.05) is 30.4 Å². The fraction of sp³-hybridized carbons (Fsp3) is 0.316. The van der Waals surface area contributed by atoms with E-state index in [9.17, 15) is 9.18 Å². The number of nitrogens with zero attached hydrogens (tertiary/aromatic N) is 4. The van der Waals surface area contributed by atoms with Crippen LogP contribution in [0.3, 0.4) is 0 Å². The van der Waals surface area contributed by atoms with Gasteiger partial charge in [-0.2, -0.15) is 0 Å². The molecule has 1 atom stereocenters. The Bertz CT molecular complexity index is 997. The number of piperazine rings is 1. The first-order valence-corrected chi connectivity index (χ1v) is 9.70. The summed E-state index contributed by atoms with van der Waals surface area (Å²) in [5, 5.41) is 3.89. The van der Waals surface area contributed by atoms with E-state index in [4.69, 9.17) is 11.6 Å². The van der Waals surface area contributed by atoms with Gasteiger partial charge in [0, 0.05) is 31.9 Å². The van der Waals surface area contributed by atoms with Crippen LogP contribution in [0.1, 0.15) is 14.4 Å². The number of rotatable bonds is 2. The zero-order chi connectivity index (χ0) is 19.0. The van der Waals surface area contributed by atoms with E-state index in [0.29, 0.717) is 40.0 Å². The fourth-order valence-corrected chi connectivity index (χ4v) is 4.30. The Morgan fingerprint density at radius 1 is 1.36 bits per heavy atom. The van der Waals surface area contributed by atoms with E-state index in [1.54, 1.807) is 23.2 Å². The monoisotopic (exact) mass is 421 g/mol. The van der Waals surface area contributed by atoms with Crippen molar-refractivity contribution in [1.29, 1.82) is 0 Å². The van der Waals surface area contributed by atoms with Crippen LogP contribution in [0.5, 0.6) is 0 Å². The van der Waals surface area contributed by atoms with Gasteiger partial charge in [-0.05, 0) is 37.3 Å². The molecule has 1 aliphatic heterocycles. The number of carbonyl (C=O) groups excluding carboxylic acids is 1. The van der Waals surface area contributed by atoms with E-state index in [-0.39, 0.29) is 25.3 Å². The second-order valence-corrected chi connectivity index (χ2v) is 7.80. The zero-order valence-corrected chi connectivity index (χ0v) is 16.1. The van der Waals surface area contributed by atoms with Crippen molar-refractivity contribution in [3.8, 4) is 0 Å². The highest BCUT2D eigenvalue weighted by atomic mass is 35.5. The molecule has 1 aliphatic rings. The molecule has 2 aromatic heterocycles. The van der Waals surface area contributed by atoms with Gasteiger partial charge < -0.3 is 9.80 Å². The largest absolute Gasteiger partial charge is 0.352 e. The van der Waals surface area contributed by atoms with Crippen LogP contribution in [0.15, 0.2) is 36.5 Å². The number of amides is 2. The Morgan fingerprint density at radius 2 is 2.18 bits per heavy atom. The van der Waals surface area contributed by atoms with Gasteiger partial charge >= 0.3 is 6.03 Å². The minimum atomic E-state index is -0.318. The highest BCUT2D eigenvalue weighted by Crippen LogP contribution is 2.28. The van der Waals surface area contributed by atoms with Crippen molar-refractivity contribution in [2.45, 2.75) is 20.4 Å². The molecule has 0 saturated carbocycles. The molecule has 0 bridgehead atoms. The molecular weight excluding hydrogens is 401 g/mol. The lowest BCUT2D eigenvalue weighted by Gasteiger charge is -2.40. The molecule has 28 heavy (non-hydrogen) atoms. The average Bonchev–Trinajstić information content (AvgIpc) is 3.03. The Kier molecular flexibility index (Phi) is 6.00. The maximum Gasteiger partial charge on any atom is 0.324 e. The van der Waals surface area contributed by atoms with Gasteiger partial charge in [-0.15, -0.1) is 0 Å². The van der Waals surface area contributed by atoms with Crippen LogP contribution in [0.2, 0.25) is 5.02 Å². The van der Waals surface area contributed by atoms with E-state index in [1.165, 1.54) is 23.5 Å². The van der Waals surface area contributed by atoms with Gasteiger partial charge in [0.2, 0.25) is 0 Å². The predicted octanol–water partition coefficient (Wildman–Crippen LogP) is 4.86. The number of hydrogen-bond acceptors (Lipinski definition) is 5. The van der Waals surface area contributed by atoms with Crippen molar-refractivity contribution in [2.24, 2.45) is 0 Å². The van der Waals surface area contributed by atoms with Gasteiger partial charge in [0.15, 0.2) is 5.13 Å². The minimum Gasteiger partial charge on any atom is -0.352 e. The smallest absolute Gasteiger partial charge is 0.324 e. The van der Waals surface area contributed by atoms with Gasteiger partial charge in [-0.25, -0.2) is 19.2 Å². The summed E-state index contributed by atoms with van der Waals surface area (Å²) >= 11 is 7.49.